The lowest BCUT2D eigenvalue weighted by molar-refractivity contribution is 0.826. The lowest BCUT2D eigenvalue weighted by Gasteiger charge is -2.08. The van der Waals surface area contributed by atoms with Gasteiger partial charge in [-0.1, -0.05) is 11.6 Å². The van der Waals surface area contributed by atoms with Gasteiger partial charge in [0.15, 0.2) is 0 Å². The molecule has 0 nitrogen and oxygen atoms in total. The summed E-state index contributed by atoms with van der Waals surface area (Å²) < 4.78 is 0. The third-order valence-corrected chi connectivity index (χ3v) is 1.57. The first-order valence-electron chi connectivity index (χ1n) is 3.36. The van der Waals surface area contributed by atoms with E-state index in [1.807, 2.05) is 0 Å². The SMILES string of the molecule is C#CCC1=CC[CH]CC1. The monoisotopic (exact) mass is 119 g/mol. The van der Waals surface area contributed by atoms with Crippen LogP contribution in [0.15, 0.2) is 11.6 Å². The van der Waals surface area contributed by atoms with Crippen molar-refractivity contribution in [3.63, 3.8) is 0 Å². The summed E-state index contributed by atoms with van der Waals surface area (Å²) in [5, 5.41) is 0. The highest BCUT2D eigenvalue weighted by Crippen LogP contribution is 2.18. The van der Waals surface area contributed by atoms with Gasteiger partial charge >= 0.3 is 0 Å². The molecule has 1 radical (unpaired) electrons. The summed E-state index contributed by atoms with van der Waals surface area (Å²) in [5.74, 6) is 2.66. The van der Waals surface area contributed by atoms with E-state index in [1.54, 1.807) is 0 Å². The quantitative estimate of drug-likeness (QED) is 0.367. The van der Waals surface area contributed by atoms with E-state index in [0.717, 1.165) is 12.8 Å². The minimum Gasteiger partial charge on any atom is -0.120 e. The third kappa shape index (κ3) is 1.93. The van der Waals surface area contributed by atoms with Gasteiger partial charge in [0.1, 0.15) is 0 Å². The van der Waals surface area contributed by atoms with Crippen molar-refractivity contribution < 1.29 is 0 Å². The first-order valence-corrected chi connectivity index (χ1v) is 3.36. The molecule has 0 aromatic rings. The summed E-state index contributed by atoms with van der Waals surface area (Å²) >= 11 is 0. The van der Waals surface area contributed by atoms with Crippen molar-refractivity contribution in [1.82, 2.24) is 0 Å². The highest BCUT2D eigenvalue weighted by Gasteiger charge is 2.00. The maximum absolute atomic E-state index is 5.16. The Morgan fingerprint density at radius 2 is 2.56 bits per heavy atom. The molecular weight excluding hydrogens is 108 g/mol. The van der Waals surface area contributed by atoms with Gasteiger partial charge in [-0.2, -0.15) is 0 Å². The van der Waals surface area contributed by atoms with Crippen molar-refractivity contribution in [1.29, 1.82) is 0 Å². The average Bonchev–Trinajstić information content (AvgIpc) is 1.91. The molecule has 1 aliphatic rings. The maximum Gasteiger partial charge on any atom is 0.0296 e. The second-order valence-electron chi connectivity index (χ2n) is 2.31. The van der Waals surface area contributed by atoms with E-state index in [9.17, 15) is 0 Å². The standard InChI is InChI=1S/C9H11/c1-2-6-9-7-4-3-5-8-9/h1,3,7H,4-6,8H2. The van der Waals surface area contributed by atoms with Gasteiger partial charge in [0, 0.05) is 6.42 Å². The zero-order chi connectivity index (χ0) is 6.53. The Balaban J connectivity index is 2.39. The Hall–Kier alpha value is -0.700. The predicted octanol–water partition coefficient (Wildman–Crippen LogP) is 2.32. The zero-order valence-electron chi connectivity index (χ0n) is 5.56. The number of rotatable bonds is 1. The van der Waals surface area contributed by atoms with E-state index in [4.69, 9.17) is 6.42 Å². The van der Waals surface area contributed by atoms with Crippen molar-refractivity contribution >= 4 is 0 Å². The summed E-state index contributed by atoms with van der Waals surface area (Å²) in [7, 11) is 0. The van der Waals surface area contributed by atoms with Gasteiger partial charge in [0.25, 0.3) is 0 Å². The van der Waals surface area contributed by atoms with E-state index in [-0.39, 0.29) is 0 Å². The second-order valence-corrected chi connectivity index (χ2v) is 2.31. The minimum atomic E-state index is 0.855. The summed E-state index contributed by atoms with van der Waals surface area (Å²) in [6.07, 6.45) is 14.1. The van der Waals surface area contributed by atoms with E-state index in [0.29, 0.717) is 0 Å². The van der Waals surface area contributed by atoms with Gasteiger partial charge in [-0.3, -0.25) is 0 Å². The van der Waals surface area contributed by atoms with Crippen LogP contribution in [0.2, 0.25) is 0 Å². The highest BCUT2D eigenvalue weighted by molar-refractivity contribution is 5.14. The van der Waals surface area contributed by atoms with E-state index in [1.165, 1.54) is 18.4 Å². The molecular formula is C9H11. The second kappa shape index (κ2) is 3.35. The molecule has 0 aromatic carbocycles. The van der Waals surface area contributed by atoms with Crippen LogP contribution >= 0.6 is 0 Å². The Labute approximate surface area is 57.0 Å². The summed E-state index contributed by atoms with van der Waals surface area (Å²) in [4.78, 5) is 0. The molecule has 0 heteroatoms. The number of hydrogen-bond acceptors (Lipinski definition) is 0. The maximum atomic E-state index is 5.16. The Morgan fingerprint density at radius 3 is 3.11 bits per heavy atom. The summed E-state index contributed by atoms with van der Waals surface area (Å²) in [6.45, 7) is 0. The largest absolute Gasteiger partial charge is 0.120 e. The van der Waals surface area contributed by atoms with Crippen LogP contribution in [0.3, 0.4) is 0 Å². The van der Waals surface area contributed by atoms with E-state index >= 15 is 0 Å². The lowest BCUT2D eigenvalue weighted by Crippen LogP contribution is -1.90. The molecule has 0 fully saturated rings. The molecule has 0 aliphatic heterocycles. The van der Waals surface area contributed by atoms with Gasteiger partial charge in [-0.05, 0) is 25.7 Å². The highest BCUT2D eigenvalue weighted by atomic mass is 14.1. The molecule has 0 saturated carbocycles. The fraction of sp³-hybridized carbons (Fsp3) is 0.444. The lowest BCUT2D eigenvalue weighted by atomic mass is 9.98. The van der Waals surface area contributed by atoms with E-state index < -0.39 is 0 Å². The van der Waals surface area contributed by atoms with Crippen LogP contribution in [0.4, 0.5) is 0 Å². The van der Waals surface area contributed by atoms with E-state index in [2.05, 4.69) is 18.4 Å². The summed E-state index contributed by atoms with van der Waals surface area (Å²) in [5.41, 5.74) is 1.44. The molecule has 0 aromatic heterocycles. The van der Waals surface area contributed by atoms with Crippen LogP contribution in [-0.4, -0.2) is 0 Å². The smallest absolute Gasteiger partial charge is 0.0296 e. The van der Waals surface area contributed by atoms with Crippen molar-refractivity contribution in [3.8, 4) is 12.3 Å². The van der Waals surface area contributed by atoms with Crippen LogP contribution < -0.4 is 0 Å². The first-order chi connectivity index (χ1) is 4.43. The van der Waals surface area contributed by atoms with Crippen molar-refractivity contribution in [2.45, 2.75) is 25.7 Å². The van der Waals surface area contributed by atoms with Crippen LogP contribution in [-0.2, 0) is 0 Å². The fourth-order valence-corrected chi connectivity index (χ4v) is 1.05. The Morgan fingerprint density at radius 1 is 1.67 bits per heavy atom. The van der Waals surface area contributed by atoms with Gasteiger partial charge in [-0.25, -0.2) is 0 Å². The first kappa shape index (κ1) is 6.42. The number of hydrogen-bond donors (Lipinski definition) is 0. The molecule has 0 heterocycles. The minimum absolute atomic E-state index is 0.855. The topological polar surface area (TPSA) is 0 Å². The van der Waals surface area contributed by atoms with Crippen molar-refractivity contribution in [2.24, 2.45) is 0 Å². The van der Waals surface area contributed by atoms with Gasteiger partial charge in [-0.15, -0.1) is 12.3 Å². The van der Waals surface area contributed by atoms with Crippen LogP contribution in [0.25, 0.3) is 0 Å². The molecule has 0 unspecified atom stereocenters. The van der Waals surface area contributed by atoms with Crippen LogP contribution in [0, 0.1) is 18.8 Å². The Bertz CT molecular complexity index is 146. The molecule has 0 atom stereocenters. The van der Waals surface area contributed by atoms with Crippen LogP contribution in [0.1, 0.15) is 25.7 Å². The van der Waals surface area contributed by atoms with Gasteiger partial charge < -0.3 is 0 Å². The molecule has 0 spiro atoms. The average molecular weight is 119 g/mol. The fourth-order valence-electron chi connectivity index (χ4n) is 1.05. The molecule has 1 aliphatic carbocycles. The molecule has 0 N–H and O–H groups in total. The molecule has 47 valence electrons. The molecule has 1 rings (SSSR count). The molecule has 0 saturated heterocycles. The zero-order valence-corrected chi connectivity index (χ0v) is 5.56. The van der Waals surface area contributed by atoms with Gasteiger partial charge in [0.2, 0.25) is 0 Å². The normalized spacial score (nSPS) is 18.3. The molecule has 0 amide bonds. The number of allylic oxidation sites excluding steroid dienone is 2. The van der Waals surface area contributed by atoms with Crippen LogP contribution in [0.5, 0.6) is 0 Å². The summed E-state index contributed by atoms with van der Waals surface area (Å²) in [6, 6.07) is 0. The third-order valence-electron chi connectivity index (χ3n) is 1.57. The molecule has 9 heavy (non-hydrogen) atoms. The predicted molar refractivity (Wildman–Crippen MR) is 39.7 cm³/mol. The van der Waals surface area contributed by atoms with Crippen molar-refractivity contribution in [2.75, 3.05) is 0 Å². The number of terminal acetylenes is 1. The van der Waals surface area contributed by atoms with Crippen molar-refractivity contribution in [3.05, 3.63) is 18.1 Å². The Kier molecular flexibility index (Phi) is 2.39. The molecule has 0 bridgehead atoms. The van der Waals surface area contributed by atoms with Gasteiger partial charge in [0.05, 0.1) is 0 Å².